The fourth-order valence-electron chi connectivity index (χ4n) is 4.28. The van der Waals surface area contributed by atoms with Crippen molar-refractivity contribution in [3.05, 3.63) is 94.8 Å². The molecule has 0 radical (unpaired) electrons. The zero-order valence-electron chi connectivity index (χ0n) is 23.1. The Balaban J connectivity index is 0.00000441. The molecule has 0 amide bonds. The number of hydrogen-bond donors (Lipinski definition) is 0. The summed E-state index contributed by atoms with van der Waals surface area (Å²) in [7, 11) is 0. The van der Waals surface area contributed by atoms with Gasteiger partial charge in [0.05, 0.1) is 0 Å². The fraction of sp³-hybridized carbons (Fsp3) is 0.355. The van der Waals surface area contributed by atoms with Crippen LogP contribution in [0.25, 0.3) is 22.5 Å². The molecule has 0 spiro atoms. The Bertz CT molecular complexity index is 1400. The molecule has 212 valence electrons. The third-order valence-corrected chi connectivity index (χ3v) is 7.34. The molecule has 0 saturated carbocycles. The van der Waals surface area contributed by atoms with E-state index in [0.717, 1.165) is 36.1 Å². The Morgan fingerprint density at radius 2 is 1.05 bits per heavy atom. The number of aromatic nitrogens is 4. The molecule has 4 rings (SSSR count). The number of pyridine rings is 4. The normalized spacial score (nSPS) is 13.1. The first-order valence-corrected chi connectivity index (χ1v) is 13.0. The molecule has 0 aliphatic heterocycles. The minimum atomic E-state index is -0.999. The molecule has 4 aromatic heterocycles. The third-order valence-electron chi connectivity index (χ3n) is 7.34. The standard InChI is InChI=1S/C31H30F4N4.Pt/c1-7-17(3)19-13-23(21-9-11-27(32)38-29(21)34)36-25(15-19)31(5,6)26-16-20(18(4)8-2)14-24(37-26)22-10-12-28(33)39-30(22)35;/h11-18H,7-8H2,1-6H3;/q-2;+2. The van der Waals surface area contributed by atoms with E-state index in [0.29, 0.717) is 11.4 Å². The minimum Gasteiger partial charge on any atom is -0.300 e. The van der Waals surface area contributed by atoms with E-state index < -0.39 is 29.2 Å². The Morgan fingerprint density at radius 1 is 0.675 bits per heavy atom. The number of nitrogens with zero attached hydrogens (tertiary/aromatic N) is 4. The zero-order chi connectivity index (χ0) is 28.5. The van der Waals surface area contributed by atoms with Gasteiger partial charge in [-0.25, -0.2) is 17.6 Å². The molecule has 0 saturated heterocycles. The van der Waals surface area contributed by atoms with Crippen LogP contribution in [0, 0.1) is 35.9 Å². The summed E-state index contributed by atoms with van der Waals surface area (Å²) in [6.07, 6.45) is 1.66. The molecular weight excluding hydrogens is 699 g/mol. The van der Waals surface area contributed by atoms with Crippen LogP contribution in [0.3, 0.4) is 0 Å². The molecule has 4 aromatic rings. The van der Waals surface area contributed by atoms with Crippen molar-refractivity contribution >= 4 is 0 Å². The number of halogens is 4. The van der Waals surface area contributed by atoms with Gasteiger partial charge in [0.2, 0.25) is 0 Å². The summed E-state index contributed by atoms with van der Waals surface area (Å²) in [5, 5.41) is 0. The van der Waals surface area contributed by atoms with Crippen molar-refractivity contribution in [2.24, 2.45) is 0 Å². The molecule has 0 bridgehead atoms. The predicted molar refractivity (Wildman–Crippen MR) is 142 cm³/mol. The summed E-state index contributed by atoms with van der Waals surface area (Å²) in [4.78, 5) is 16.1. The van der Waals surface area contributed by atoms with Gasteiger partial charge < -0.3 is 9.97 Å². The van der Waals surface area contributed by atoms with Crippen LogP contribution in [-0.4, -0.2) is 19.9 Å². The average molecular weight is 730 g/mol. The first-order valence-electron chi connectivity index (χ1n) is 13.0. The predicted octanol–water partition coefficient (Wildman–Crippen LogP) is 8.11. The first kappa shape index (κ1) is 31.5. The molecule has 0 N–H and O–H groups in total. The van der Waals surface area contributed by atoms with Crippen LogP contribution in [0.5, 0.6) is 0 Å². The molecule has 0 aromatic carbocycles. The van der Waals surface area contributed by atoms with E-state index in [1.807, 2.05) is 39.8 Å². The van der Waals surface area contributed by atoms with Crippen molar-refractivity contribution in [3.8, 4) is 22.5 Å². The molecule has 4 nitrogen and oxygen atoms in total. The van der Waals surface area contributed by atoms with Crippen LogP contribution in [-0.2, 0) is 26.5 Å². The maximum absolute atomic E-state index is 14.7. The molecule has 0 fully saturated rings. The summed E-state index contributed by atoms with van der Waals surface area (Å²) in [5.74, 6) is -3.67. The Labute approximate surface area is 247 Å². The molecule has 9 heteroatoms. The molecule has 40 heavy (non-hydrogen) atoms. The van der Waals surface area contributed by atoms with Crippen LogP contribution in [0.1, 0.15) is 88.7 Å². The van der Waals surface area contributed by atoms with Gasteiger partial charge in [0.15, 0.2) is 0 Å². The Kier molecular flexibility index (Phi) is 9.99. The van der Waals surface area contributed by atoms with Crippen molar-refractivity contribution < 1.29 is 38.6 Å². The fourth-order valence-corrected chi connectivity index (χ4v) is 4.28. The van der Waals surface area contributed by atoms with E-state index in [-0.39, 0.29) is 55.4 Å². The summed E-state index contributed by atoms with van der Waals surface area (Å²) in [6.45, 7) is 12.1. The van der Waals surface area contributed by atoms with Crippen molar-refractivity contribution in [2.75, 3.05) is 0 Å². The second kappa shape index (κ2) is 12.7. The molecule has 0 aliphatic carbocycles. The van der Waals surface area contributed by atoms with Crippen LogP contribution in [0.4, 0.5) is 17.6 Å². The molecule has 0 aliphatic rings. The van der Waals surface area contributed by atoms with E-state index >= 15 is 0 Å². The van der Waals surface area contributed by atoms with E-state index in [1.165, 1.54) is 0 Å². The largest absolute Gasteiger partial charge is 2.00 e. The van der Waals surface area contributed by atoms with E-state index in [9.17, 15) is 17.6 Å². The van der Waals surface area contributed by atoms with Gasteiger partial charge in [0.1, 0.15) is 23.8 Å². The quantitative estimate of drug-likeness (QED) is 0.105. The van der Waals surface area contributed by atoms with Gasteiger partial charge in [-0.2, -0.15) is 0 Å². The van der Waals surface area contributed by atoms with Gasteiger partial charge in [-0.15, -0.1) is 12.1 Å². The molecular formula is C31H30F4N4Pt. The van der Waals surface area contributed by atoms with Crippen LogP contribution in [0.2, 0.25) is 0 Å². The van der Waals surface area contributed by atoms with Crippen molar-refractivity contribution in [2.45, 2.75) is 71.6 Å². The van der Waals surface area contributed by atoms with Gasteiger partial charge >= 0.3 is 21.1 Å². The summed E-state index contributed by atoms with van der Waals surface area (Å²) < 4.78 is 56.4. The number of hydrogen-bond acceptors (Lipinski definition) is 4. The maximum Gasteiger partial charge on any atom is 2.00 e. The van der Waals surface area contributed by atoms with E-state index in [4.69, 9.17) is 9.97 Å². The topological polar surface area (TPSA) is 51.6 Å². The van der Waals surface area contributed by atoms with Gasteiger partial charge in [0.25, 0.3) is 0 Å². The number of rotatable bonds is 8. The van der Waals surface area contributed by atoms with Crippen molar-refractivity contribution in [3.63, 3.8) is 0 Å². The smallest absolute Gasteiger partial charge is 0.300 e. The van der Waals surface area contributed by atoms with Crippen LogP contribution >= 0.6 is 0 Å². The van der Waals surface area contributed by atoms with Crippen LogP contribution < -0.4 is 0 Å². The zero-order valence-corrected chi connectivity index (χ0v) is 25.4. The third kappa shape index (κ3) is 6.49. The SMILES string of the molecule is CCC(C)c1cc(-c2[c-]cc(F)nc2F)nc(C(C)(C)c2cc(C(C)CC)cc(-c3[c-]cc(F)nc3F)n2)c1.[Pt+2]. The van der Waals surface area contributed by atoms with Crippen molar-refractivity contribution in [1.82, 2.24) is 19.9 Å². The van der Waals surface area contributed by atoms with E-state index in [1.54, 1.807) is 12.1 Å². The summed E-state index contributed by atoms with van der Waals surface area (Å²) in [6, 6.07) is 14.6. The van der Waals surface area contributed by atoms with Gasteiger partial charge in [-0.3, -0.25) is 9.97 Å². The van der Waals surface area contributed by atoms with Gasteiger partial charge in [-0.1, -0.05) is 74.2 Å². The first-order chi connectivity index (χ1) is 18.4. The summed E-state index contributed by atoms with van der Waals surface area (Å²) >= 11 is 0. The van der Waals surface area contributed by atoms with E-state index in [2.05, 4.69) is 35.9 Å². The second-order valence-corrected chi connectivity index (χ2v) is 10.4. The monoisotopic (exact) mass is 729 g/mol. The van der Waals surface area contributed by atoms with Gasteiger partial charge in [-0.05, 0) is 62.0 Å². The molecule has 2 atom stereocenters. The Morgan fingerprint density at radius 3 is 1.38 bits per heavy atom. The molecule has 2 unspecified atom stereocenters. The summed E-state index contributed by atoms with van der Waals surface area (Å²) in [5.41, 5.74) is 2.69. The molecule has 4 heterocycles. The second-order valence-electron chi connectivity index (χ2n) is 10.4. The van der Waals surface area contributed by atoms with Crippen molar-refractivity contribution in [1.29, 1.82) is 0 Å². The van der Waals surface area contributed by atoms with Gasteiger partial charge in [0, 0.05) is 16.8 Å². The van der Waals surface area contributed by atoms with Crippen LogP contribution in [0.15, 0.2) is 36.4 Å². The maximum atomic E-state index is 14.7. The Hall–Kier alpha value is -2.99. The average Bonchev–Trinajstić information content (AvgIpc) is 2.91. The minimum absolute atomic E-state index is 0.